The summed E-state index contributed by atoms with van der Waals surface area (Å²) in [7, 11) is 0. The zero-order chi connectivity index (χ0) is 29.6. The molecule has 0 fully saturated rings. The maximum atomic E-state index is 3.81. The van der Waals surface area contributed by atoms with Crippen molar-refractivity contribution in [2.45, 2.75) is 45.6 Å². The minimum atomic E-state index is 0.363. The highest BCUT2D eigenvalue weighted by Gasteiger charge is 2.27. The summed E-state index contributed by atoms with van der Waals surface area (Å²) in [6, 6.07) is 27.0. The fraction of sp³-hybridized carbons (Fsp3) is 0.171. The van der Waals surface area contributed by atoms with Gasteiger partial charge in [-0.15, -0.1) is 0 Å². The van der Waals surface area contributed by atoms with E-state index < -0.39 is 0 Å². The fourth-order valence-corrected chi connectivity index (χ4v) is 6.38. The van der Waals surface area contributed by atoms with Gasteiger partial charge >= 0.3 is 0 Å². The molecule has 0 bridgehead atoms. The molecular formula is C41H40N2. The van der Waals surface area contributed by atoms with E-state index in [9.17, 15) is 0 Å². The van der Waals surface area contributed by atoms with Gasteiger partial charge in [-0.3, -0.25) is 0 Å². The molecule has 0 aromatic heterocycles. The van der Waals surface area contributed by atoms with Crippen LogP contribution in [0.1, 0.15) is 45.1 Å². The quantitative estimate of drug-likeness (QED) is 0.253. The first-order valence-corrected chi connectivity index (χ1v) is 15.5. The number of rotatable bonds is 8. The second kappa shape index (κ2) is 13.0. The lowest BCUT2D eigenvalue weighted by atomic mass is 9.91. The highest BCUT2D eigenvalue weighted by molar-refractivity contribution is 5.84. The Morgan fingerprint density at radius 3 is 2.40 bits per heavy atom. The van der Waals surface area contributed by atoms with Crippen molar-refractivity contribution in [3.05, 3.63) is 168 Å². The predicted octanol–water partition coefficient (Wildman–Crippen LogP) is 11.2. The number of benzene rings is 3. The first-order chi connectivity index (χ1) is 21.2. The monoisotopic (exact) mass is 560 g/mol. The van der Waals surface area contributed by atoms with Crippen molar-refractivity contribution >= 4 is 23.1 Å². The van der Waals surface area contributed by atoms with Gasteiger partial charge in [0.1, 0.15) is 0 Å². The topological polar surface area (TPSA) is 6.48 Å². The molecule has 43 heavy (non-hydrogen) atoms. The summed E-state index contributed by atoms with van der Waals surface area (Å²) in [6.45, 7) is 8.34. The van der Waals surface area contributed by atoms with Gasteiger partial charge in [0.2, 0.25) is 0 Å². The second-order valence-corrected chi connectivity index (χ2v) is 11.2. The number of nitrogens with zero attached hydrogens (tertiary/aromatic N) is 2. The molecule has 2 heteroatoms. The normalized spacial score (nSPS) is 18.7. The van der Waals surface area contributed by atoms with Crippen molar-refractivity contribution in [2.24, 2.45) is 0 Å². The average molecular weight is 561 g/mol. The van der Waals surface area contributed by atoms with E-state index in [4.69, 9.17) is 0 Å². The number of anilines is 3. The SMILES string of the molecule is C=C/C=C\C=C1/C=Cc2ccccc2N1c1ccc(-c2ccc(N(C3=C(C)C=CCC3)C3CC=CC=C3CC)cc2)cc1. The summed E-state index contributed by atoms with van der Waals surface area (Å²) in [6.07, 6.45) is 28.0. The van der Waals surface area contributed by atoms with E-state index >= 15 is 0 Å². The van der Waals surface area contributed by atoms with Gasteiger partial charge < -0.3 is 9.80 Å². The largest absolute Gasteiger partial charge is 0.337 e. The summed E-state index contributed by atoms with van der Waals surface area (Å²) in [4.78, 5) is 4.93. The Hall–Kier alpha value is -4.82. The molecule has 1 atom stereocenters. The lowest BCUT2D eigenvalue weighted by Gasteiger charge is -2.39. The standard InChI is InChI=1S/C41H40N2/c1-4-6-7-17-36-30-25-35-16-10-13-20-41(35)42(36)37-26-21-33(22-27-37)34-23-28-38(29-24-34)43(39-18-11-8-14-31(39)3)40-19-12-9-15-32(40)5-2/h4,6-10,12-17,20-30,40H,1,5,11,18-19H2,2-3H3/b7-6-,36-17+. The van der Waals surface area contributed by atoms with Gasteiger partial charge in [0.15, 0.2) is 0 Å². The molecule has 214 valence electrons. The van der Waals surface area contributed by atoms with Crippen molar-refractivity contribution in [1.29, 1.82) is 0 Å². The van der Waals surface area contributed by atoms with E-state index in [0.717, 1.165) is 37.1 Å². The zero-order valence-electron chi connectivity index (χ0n) is 25.3. The van der Waals surface area contributed by atoms with Crippen molar-refractivity contribution in [3.63, 3.8) is 0 Å². The van der Waals surface area contributed by atoms with E-state index in [2.05, 4.69) is 152 Å². The number of hydrogen-bond acceptors (Lipinski definition) is 2. The summed E-state index contributed by atoms with van der Waals surface area (Å²) >= 11 is 0. The molecular weight excluding hydrogens is 520 g/mol. The van der Waals surface area contributed by atoms with Crippen LogP contribution in [0, 0.1) is 0 Å². The van der Waals surface area contributed by atoms with Crippen LogP contribution in [0.3, 0.4) is 0 Å². The van der Waals surface area contributed by atoms with Crippen LogP contribution in [0.5, 0.6) is 0 Å². The number of fused-ring (bicyclic) bond motifs is 1. The lowest BCUT2D eigenvalue weighted by Crippen LogP contribution is -2.37. The Morgan fingerprint density at radius 2 is 1.65 bits per heavy atom. The molecule has 0 N–H and O–H groups in total. The molecule has 3 aromatic carbocycles. The van der Waals surface area contributed by atoms with Crippen LogP contribution in [0.2, 0.25) is 0 Å². The van der Waals surface area contributed by atoms with Gasteiger partial charge in [-0.2, -0.15) is 0 Å². The third-order valence-corrected chi connectivity index (χ3v) is 8.60. The summed E-state index contributed by atoms with van der Waals surface area (Å²) < 4.78 is 0. The Kier molecular flexibility index (Phi) is 8.56. The maximum Gasteiger partial charge on any atom is 0.0585 e. The average Bonchev–Trinajstić information content (AvgIpc) is 3.06. The maximum absolute atomic E-state index is 3.81. The Labute approximate surface area is 257 Å². The molecule has 0 amide bonds. The van der Waals surface area contributed by atoms with E-state index in [1.165, 1.54) is 44.9 Å². The Balaban J connectivity index is 1.31. The van der Waals surface area contributed by atoms with Crippen LogP contribution >= 0.6 is 0 Å². The molecule has 0 spiro atoms. The molecule has 6 rings (SSSR count). The third-order valence-electron chi connectivity index (χ3n) is 8.60. The molecule has 1 unspecified atom stereocenters. The van der Waals surface area contributed by atoms with Gasteiger partial charge in [-0.25, -0.2) is 0 Å². The second-order valence-electron chi connectivity index (χ2n) is 11.2. The number of allylic oxidation sites excluding steroid dienone is 11. The van der Waals surface area contributed by atoms with Crippen molar-refractivity contribution in [3.8, 4) is 11.1 Å². The smallest absolute Gasteiger partial charge is 0.0585 e. The van der Waals surface area contributed by atoms with Crippen LogP contribution in [0.15, 0.2) is 163 Å². The Morgan fingerprint density at radius 1 is 0.884 bits per heavy atom. The first-order valence-electron chi connectivity index (χ1n) is 15.5. The van der Waals surface area contributed by atoms with E-state index in [0.29, 0.717) is 6.04 Å². The van der Waals surface area contributed by atoms with E-state index in [1.807, 2.05) is 12.2 Å². The molecule has 2 aliphatic carbocycles. The van der Waals surface area contributed by atoms with Crippen LogP contribution < -0.4 is 9.80 Å². The molecule has 0 radical (unpaired) electrons. The van der Waals surface area contributed by atoms with Crippen molar-refractivity contribution < 1.29 is 0 Å². The molecule has 3 aromatic rings. The third kappa shape index (κ3) is 5.92. The van der Waals surface area contributed by atoms with E-state index in [1.54, 1.807) is 6.08 Å². The summed E-state index contributed by atoms with van der Waals surface area (Å²) in [5, 5.41) is 0. The molecule has 2 nitrogen and oxygen atoms in total. The molecule has 3 aliphatic rings. The molecule has 1 heterocycles. The van der Waals surface area contributed by atoms with Crippen molar-refractivity contribution in [2.75, 3.05) is 9.80 Å². The van der Waals surface area contributed by atoms with Crippen LogP contribution in [0.25, 0.3) is 17.2 Å². The highest BCUT2D eigenvalue weighted by atomic mass is 15.2. The van der Waals surface area contributed by atoms with Crippen LogP contribution in [-0.2, 0) is 0 Å². The molecule has 1 aliphatic heterocycles. The molecule has 0 saturated heterocycles. The first kappa shape index (κ1) is 28.3. The van der Waals surface area contributed by atoms with Crippen LogP contribution in [-0.4, -0.2) is 6.04 Å². The van der Waals surface area contributed by atoms with Gasteiger partial charge in [0, 0.05) is 22.8 Å². The summed E-state index contributed by atoms with van der Waals surface area (Å²) in [5.41, 5.74) is 12.7. The number of para-hydroxylation sites is 1. The predicted molar refractivity (Wildman–Crippen MR) is 186 cm³/mol. The van der Waals surface area contributed by atoms with Gasteiger partial charge in [0.25, 0.3) is 0 Å². The molecule has 0 saturated carbocycles. The summed E-state index contributed by atoms with van der Waals surface area (Å²) in [5.74, 6) is 0. The number of hydrogen-bond donors (Lipinski definition) is 0. The Bertz CT molecular complexity index is 1690. The van der Waals surface area contributed by atoms with Crippen LogP contribution in [0.4, 0.5) is 17.1 Å². The van der Waals surface area contributed by atoms with Gasteiger partial charge in [-0.05, 0) is 103 Å². The zero-order valence-corrected chi connectivity index (χ0v) is 25.3. The van der Waals surface area contributed by atoms with Gasteiger partial charge in [0.05, 0.1) is 11.7 Å². The van der Waals surface area contributed by atoms with E-state index in [-0.39, 0.29) is 0 Å². The fourth-order valence-electron chi connectivity index (χ4n) is 6.38. The lowest BCUT2D eigenvalue weighted by molar-refractivity contribution is 0.666. The highest BCUT2D eigenvalue weighted by Crippen LogP contribution is 2.39. The van der Waals surface area contributed by atoms with Crippen molar-refractivity contribution in [1.82, 2.24) is 0 Å². The minimum Gasteiger partial charge on any atom is -0.337 e. The van der Waals surface area contributed by atoms with Gasteiger partial charge in [-0.1, -0.05) is 111 Å². The minimum absolute atomic E-state index is 0.363.